The van der Waals surface area contributed by atoms with E-state index in [1.807, 2.05) is 85.3 Å². The molecule has 1 atom stereocenters. The van der Waals surface area contributed by atoms with Crippen LogP contribution in [0.3, 0.4) is 0 Å². The highest BCUT2D eigenvalue weighted by Crippen LogP contribution is 2.16. The molecule has 4 aromatic heterocycles. The first-order valence-corrected chi connectivity index (χ1v) is 9.76. The van der Waals surface area contributed by atoms with E-state index in [2.05, 4.69) is 26.3 Å². The molecule has 0 bridgehead atoms. The van der Waals surface area contributed by atoms with Crippen LogP contribution in [0.5, 0.6) is 0 Å². The molecule has 0 aliphatic heterocycles. The molecular formula is C24H23N5. The van der Waals surface area contributed by atoms with E-state index >= 15 is 0 Å². The summed E-state index contributed by atoms with van der Waals surface area (Å²) in [5, 5.41) is 3.61. The van der Waals surface area contributed by atoms with E-state index < -0.39 is 0 Å². The zero-order chi connectivity index (χ0) is 19.7. The van der Waals surface area contributed by atoms with Gasteiger partial charge >= 0.3 is 0 Å². The molecule has 0 spiro atoms. The minimum Gasteiger partial charge on any atom is -0.303 e. The summed E-state index contributed by atoms with van der Waals surface area (Å²) in [6.07, 6.45) is 6.97. The summed E-state index contributed by atoms with van der Waals surface area (Å²) in [7, 11) is 0. The highest BCUT2D eigenvalue weighted by molar-refractivity contribution is 5.19. The molecule has 0 aliphatic carbocycles. The summed E-state index contributed by atoms with van der Waals surface area (Å²) in [5.74, 6) is 0. The molecule has 0 aromatic carbocycles. The quantitative estimate of drug-likeness (QED) is 0.501. The average Bonchev–Trinajstić information content (AvgIpc) is 2.79. The number of rotatable bonds is 8. The normalized spacial score (nSPS) is 11.9. The smallest absolute Gasteiger partial charge is 0.0577 e. The van der Waals surface area contributed by atoms with Crippen LogP contribution in [0, 0.1) is 0 Å². The molecule has 0 aliphatic rings. The van der Waals surface area contributed by atoms with Crippen molar-refractivity contribution in [2.75, 3.05) is 0 Å². The third kappa shape index (κ3) is 5.53. The van der Waals surface area contributed by atoms with Gasteiger partial charge in [0.25, 0.3) is 0 Å². The summed E-state index contributed by atoms with van der Waals surface area (Å²) < 4.78 is 0. The minimum absolute atomic E-state index is 0.0624. The number of pyridine rings is 4. The standard InChI is InChI=1S/C24H23N5/c1-4-13-25-19(8-1)16-21-10-7-11-22(29-21)18-28-24(23-12-3-6-15-27-23)17-20-9-2-5-14-26-20/h1-15,24,28H,16-18H2. The molecule has 4 heterocycles. The van der Waals surface area contributed by atoms with Gasteiger partial charge in [-0.05, 0) is 48.5 Å². The summed E-state index contributed by atoms with van der Waals surface area (Å²) in [5.41, 5.74) is 5.07. The van der Waals surface area contributed by atoms with Crippen molar-refractivity contribution >= 4 is 0 Å². The van der Waals surface area contributed by atoms with Crippen molar-refractivity contribution in [2.24, 2.45) is 0 Å². The maximum Gasteiger partial charge on any atom is 0.0577 e. The van der Waals surface area contributed by atoms with Gasteiger partial charge < -0.3 is 5.32 Å². The largest absolute Gasteiger partial charge is 0.303 e. The second-order valence-electron chi connectivity index (χ2n) is 6.83. The second kappa shape index (κ2) is 9.66. The highest BCUT2D eigenvalue weighted by Gasteiger charge is 2.14. The molecule has 4 aromatic rings. The lowest BCUT2D eigenvalue weighted by atomic mass is 10.1. The highest BCUT2D eigenvalue weighted by atomic mass is 15.0. The van der Waals surface area contributed by atoms with Gasteiger partial charge in [0.1, 0.15) is 0 Å². The first-order chi connectivity index (χ1) is 14.4. The van der Waals surface area contributed by atoms with Gasteiger partial charge in [0.2, 0.25) is 0 Å². The fourth-order valence-corrected chi connectivity index (χ4v) is 3.23. The Morgan fingerprint density at radius 2 is 1.28 bits per heavy atom. The number of nitrogens with zero attached hydrogens (tertiary/aromatic N) is 4. The maximum atomic E-state index is 4.80. The fourth-order valence-electron chi connectivity index (χ4n) is 3.23. The third-order valence-corrected chi connectivity index (χ3v) is 4.67. The molecule has 0 fully saturated rings. The van der Waals surface area contributed by atoms with Crippen LogP contribution in [-0.2, 0) is 19.4 Å². The fraction of sp³-hybridized carbons (Fsp3) is 0.167. The van der Waals surface area contributed by atoms with Gasteiger partial charge in [0.05, 0.1) is 17.4 Å². The van der Waals surface area contributed by atoms with Crippen LogP contribution >= 0.6 is 0 Å². The van der Waals surface area contributed by atoms with Gasteiger partial charge in [0.15, 0.2) is 0 Å². The number of hydrogen-bond acceptors (Lipinski definition) is 5. The van der Waals surface area contributed by atoms with Crippen LogP contribution in [0.1, 0.15) is 34.5 Å². The van der Waals surface area contributed by atoms with Crippen molar-refractivity contribution in [3.8, 4) is 0 Å². The Balaban J connectivity index is 1.46. The van der Waals surface area contributed by atoms with E-state index in [0.717, 1.165) is 41.3 Å². The van der Waals surface area contributed by atoms with Crippen LogP contribution < -0.4 is 5.32 Å². The number of aromatic nitrogens is 4. The molecule has 1 N–H and O–H groups in total. The molecule has 29 heavy (non-hydrogen) atoms. The first-order valence-electron chi connectivity index (χ1n) is 9.76. The van der Waals surface area contributed by atoms with Crippen LogP contribution in [-0.4, -0.2) is 19.9 Å². The number of nitrogens with one attached hydrogen (secondary N) is 1. The molecular weight excluding hydrogens is 358 g/mol. The molecule has 5 heteroatoms. The van der Waals surface area contributed by atoms with Crippen LogP contribution in [0.25, 0.3) is 0 Å². The van der Waals surface area contributed by atoms with E-state index in [-0.39, 0.29) is 6.04 Å². The van der Waals surface area contributed by atoms with E-state index in [4.69, 9.17) is 4.98 Å². The van der Waals surface area contributed by atoms with Gasteiger partial charge in [-0.25, -0.2) is 0 Å². The van der Waals surface area contributed by atoms with Gasteiger partial charge in [-0.15, -0.1) is 0 Å². The Kier molecular flexibility index (Phi) is 6.30. The van der Waals surface area contributed by atoms with E-state index in [9.17, 15) is 0 Å². The predicted molar refractivity (Wildman–Crippen MR) is 113 cm³/mol. The molecule has 144 valence electrons. The number of hydrogen-bond donors (Lipinski definition) is 1. The van der Waals surface area contributed by atoms with Crippen molar-refractivity contribution in [3.63, 3.8) is 0 Å². The molecule has 1 unspecified atom stereocenters. The summed E-state index contributed by atoms with van der Waals surface area (Å²) >= 11 is 0. The minimum atomic E-state index is 0.0624. The van der Waals surface area contributed by atoms with Crippen molar-refractivity contribution in [3.05, 3.63) is 120 Å². The van der Waals surface area contributed by atoms with Gasteiger partial charge in [-0.3, -0.25) is 19.9 Å². The van der Waals surface area contributed by atoms with Gasteiger partial charge in [0, 0.05) is 55.1 Å². The maximum absolute atomic E-state index is 4.80. The average molecular weight is 381 g/mol. The Hall–Kier alpha value is -3.44. The van der Waals surface area contributed by atoms with Gasteiger partial charge in [-0.2, -0.15) is 0 Å². The van der Waals surface area contributed by atoms with E-state index in [1.165, 1.54) is 0 Å². The summed E-state index contributed by atoms with van der Waals surface area (Å²) in [6.45, 7) is 0.657. The van der Waals surface area contributed by atoms with E-state index in [0.29, 0.717) is 6.54 Å². The van der Waals surface area contributed by atoms with Crippen molar-refractivity contribution in [2.45, 2.75) is 25.4 Å². The van der Waals surface area contributed by atoms with Crippen molar-refractivity contribution < 1.29 is 0 Å². The lowest BCUT2D eigenvalue weighted by Crippen LogP contribution is -2.24. The topological polar surface area (TPSA) is 63.6 Å². The SMILES string of the molecule is c1ccc(Cc2cccc(CNC(Cc3ccccn3)c3ccccn3)n2)nc1. The third-order valence-electron chi connectivity index (χ3n) is 4.67. The summed E-state index contributed by atoms with van der Waals surface area (Å²) in [6, 6.07) is 24.2. The molecule has 0 saturated carbocycles. The van der Waals surface area contributed by atoms with Gasteiger partial charge in [-0.1, -0.05) is 24.3 Å². The second-order valence-corrected chi connectivity index (χ2v) is 6.83. The van der Waals surface area contributed by atoms with Crippen molar-refractivity contribution in [1.82, 2.24) is 25.3 Å². The molecule has 0 amide bonds. The zero-order valence-electron chi connectivity index (χ0n) is 16.1. The molecule has 0 saturated heterocycles. The van der Waals surface area contributed by atoms with Crippen LogP contribution in [0.4, 0.5) is 0 Å². The van der Waals surface area contributed by atoms with Crippen LogP contribution in [0.2, 0.25) is 0 Å². The Bertz CT molecular complexity index is 1010. The monoisotopic (exact) mass is 381 g/mol. The molecule has 4 rings (SSSR count). The predicted octanol–water partition coefficient (Wildman–Crippen LogP) is 3.93. The first kappa shape index (κ1) is 18.9. The Morgan fingerprint density at radius 1 is 0.621 bits per heavy atom. The zero-order valence-corrected chi connectivity index (χ0v) is 16.1. The van der Waals surface area contributed by atoms with Crippen LogP contribution in [0.15, 0.2) is 91.4 Å². The Labute approximate surface area is 170 Å². The lowest BCUT2D eigenvalue weighted by molar-refractivity contribution is 0.508. The van der Waals surface area contributed by atoms with Crippen molar-refractivity contribution in [1.29, 1.82) is 0 Å². The molecule has 0 radical (unpaired) electrons. The summed E-state index contributed by atoms with van der Waals surface area (Å²) in [4.78, 5) is 18.2. The molecule has 5 nitrogen and oxygen atoms in total. The Morgan fingerprint density at radius 3 is 1.97 bits per heavy atom. The van der Waals surface area contributed by atoms with E-state index in [1.54, 1.807) is 0 Å². The lowest BCUT2D eigenvalue weighted by Gasteiger charge is -2.18.